The standard InChI is InChI=1S/C8H8O.C5H10O3/c1-7(9)8-5-3-2-4-6-8;1-4(2)3-8-5(6)7/h2-6H,1H3;4H,3H2,1-2H3,(H,6,7). The van der Waals surface area contributed by atoms with Crippen LogP contribution in [-0.2, 0) is 4.74 Å². The molecule has 17 heavy (non-hydrogen) atoms. The number of hydrogen-bond donors (Lipinski definition) is 1. The van der Waals surface area contributed by atoms with Gasteiger partial charge < -0.3 is 9.84 Å². The van der Waals surface area contributed by atoms with E-state index in [2.05, 4.69) is 4.74 Å². The summed E-state index contributed by atoms with van der Waals surface area (Å²) < 4.78 is 4.22. The Hall–Kier alpha value is -1.84. The third-order valence-corrected chi connectivity index (χ3v) is 1.72. The smallest absolute Gasteiger partial charge is 0.450 e. The minimum Gasteiger partial charge on any atom is -0.450 e. The van der Waals surface area contributed by atoms with Gasteiger partial charge in [-0.25, -0.2) is 4.79 Å². The van der Waals surface area contributed by atoms with E-state index in [1.807, 2.05) is 44.2 Å². The van der Waals surface area contributed by atoms with Gasteiger partial charge in [-0.2, -0.15) is 0 Å². The number of carbonyl (C=O) groups is 2. The average Bonchev–Trinajstić information content (AvgIpc) is 2.28. The molecule has 94 valence electrons. The van der Waals surface area contributed by atoms with Crippen LogP contribution < -0.4 is 0 Å². The molecule has 0 amide bonds. The van der Waals surface area contributed by atoms with Gasteiger partial charge in [-0.3, -0.25) is 4.79 Å². The van der Waals surface area contributed by atoms with Crippen molar-refractivity contribution in [1.82, 2.24) is 0 Å². The molecule has 1 rings (SSSR count). The Morgan fingerprint density at radius 1 is 1.24 bits per heavy atom. The third-order valence-electron chi connectivity index (χ3n) is 1.72. The van der Waals surface area contributed by atoms with Gasteiger partial charge in [0.2, 0.25) is 0 Å². The number of Topliss-reactive ketones (excluding diaryl/α,β-unsaturated/α-hetero) is 1. The molecule has 0 atom stereocenters. The maximum Gasteiger partial charge on any atom is 0.505 e. The highest BCUT2D eigenvalue weighted by atomic mass is 16.7. The molecule has 0 aliphatic rings. The lowest BCUT2D eigenvalue weighted by molar-refractivity contribution is 0.0814. The van der Waals surface area contributed by atoms with Gasteiger partial charge in [0.15, 0.2) is 5.78 Å². The van der Waals surface area contributed by atoms with Crippen LogP contribution in [0.25, 0.3) is 0 Å². The highest BCUT2D eigenvalue weighted by Gasteiger charge is 1.97. The lowest BCUT2D eigenvalue weighted by Gasteiger charge is -2.00. The Bertz CT molecular complexity index is 344. The zero-order valence-electron chi connectivity index (χ0n) is 10.3. The molecule has 0 aliphatic heterocycles. The van der Waals surface area contributed by atoms with Crippen molar-refractivity contribution in [3.05, 3.63) is 35.9 Å². The first-order valence-corrected chi connectivity index (χ1v) is 5.35. The third kappa shape index (κ3) is 9.11. The number of ketones is 1. The zero-order chi connectivity index (χ0) is 13.3. The minimum atomic E-state index is -1.20. The predicted octanol–water partition coefficient (Wildman–Crippen LogP) is 3.23. The molecule has 0 aromatic heterocycles. The lowest BCUT2D eigenvalue weighted by atomic mass is 10.2. The van der Waals surface area contributed by atoms with E-state index in [0.29, 0.717) is 0 Å². The number of rotatable bonds is 3. The molecule has 0 bridgehead atoms. The van der Waals surface area contributed by atoms with Crippen LogP contribution in [0.2, 0.25) is 0 Å². The maximum atomic E-state index is 10.6. The normalized spacial score (nSPS) is 9.18. The van der Waals surface area contributed by atoms with Crippen LogP contribution in [0.15, 0.2) is 30.3 Å². The van der Waals surface area contributed by atoms with E-state index in [-0.39, 0.29) is 18.3 Å². The van der Waals surface area contributed by atoms with Crippen molar-refractivity contribution in [2.75, 3.05) is 6.61 Å². The number of ether oxygens (including phenoxy) is 1. The van der Waals surface area contributed by atoms with Gasteiger partial charge in [-0.1, -0.05) is 44.2 Å². The van der Waals surface area contributed by atoms with Crippen molar-refractivity contribution in [1.29, 1.82) is 0 Å². The number of carboxylic acid groups (broad SMARTS) is 1. The van der Waals surface area contributed by atoms with E-state index < -0.39 is 6.16 Å². The van der Waals surface area contributed by atoms with Crippen molar-refractivity contribution >= 4 is 11.9 Å². The minimum absolute atomic E-state index is 0.121. The average molecular weight is 238 g/mol. The quantitative estimate of drug-likeness (QED) is 0.648. The van der Waals surface area contributed by atoms with Crippen molar-refractivity contribution < 1.29 is 19.4 Å². The Morgan fingerprint density at radius 2 is 1.76 bits per heavy atom. The van der Waals surface area contributed by atoms with Crippen LogP contribution in [0.4, 0.5) is 4.79 Å². The van der Waals surface area contributed by atoms with E-state index >= 15 is 0 Å². The summed E-state index contributed by atoms with van der Waals surface area (Å²) in [4.78, 5) is 20.3. The summed E-state index contributed by atoms with van der Waals surface area (Å²) in [5, 5.41) is 7.94. The van der Waals surface area contributed by atoms with E-state index in [1.54, 1.807) is 6.92 Å². The summed E-state index contributed by atoms with van der Waals surface area (Å²) in [7, 11) is 0. The monoisotopic (exact) mass is 238 g/mol. The molecule has 0 saturated heterocycles. The lowest BCUT2D eigenvalue weighted by Crippen LogP contribution is -2.06. The fourth-order valence-corrected chi connectivity index (χ4v) is 0.911. The number of carbonyl (C=O) groups excluding carboxylic acids is 1. The first kappa shape index (κ1) is 15.2. The molecule has 0 radical (unpaired) electrons. The predicted molar refractivity (Wildman–Crippen MR) is 65.3 cm³/mol. The Kier molecular flexibility index (Phi) is 7.43. The first-order valence-electron chi connectivity index (χ1n) is 5.35. The van der Waals surface area contributed by atoms with Crippen molar-refractivity contribution in [2.24, 2.45) is 5.92 Å². The second-order valence-electron chi connectivity index (χ2n) is 3.89. The van der Waals surface area contributed by atoms with Crippen LogP contribution in [0.3, 0.4) is 0 Å². The number of benzene rings is 1. The topological polar surface area (TPSA) is 63.6 Å². The van der Waals surface area contributed by atoms with Crippen LogP contribution in [0.5, 0.6) is 0 Å². The van der Waals surface area contributed by atoms with Crippen LogP contribution >= 0.6 is 0 Å². The summed E-state index contributed by atoms with van der Waals surface area (Å²) in [6, 6.07) is 9.23. The Labute approximate surface area is 101 Å². The van der Waals surface area contributed by atoms with E-state index in [1.165, 1.54) is 0 Å². The van der Waals surface area contributed by atoms with E-state index in [9.17, 15) is 9.59 Å². The fourth-order valence-electron chi connectivity index (χ4n) is 0.911. The highest BCUT2D eigenvalue weighted by molar-refractivity contribution is 5.93. The van der Waals surface area contributed by atoms with Gasteiger partial charge in [0, 0.05) is 5.56 Å². The summed E-state index contributed by atoms with van der Waals surface area (Å²) in [5.41, 5.74) is 0.775. The van der Waals surface area contributed by atoms with Crippen LogP contribution in [0.1, 0.15) is 31.1 Å². The van der Waals surface area contributed by atoms with E-state index in [4.69, 9.17) is 5.11 Å². The van der Waals surface area contributed by atoms with Gasteiger partial charge >= 0.3 is 6.16 Å². The van der Waals surface area contributed by atoms with Crippen molar-refractivity contribution in [3.63, 3.8) is 0 Å². The SMILES string of the molecule is CC(=O)c1ccccc1.CC(C)COC(=O)O. The highest BCUT2D eigenvalue weighted by Crippen LogP contribution is 1.97. The molecule has 0 heterocycles. The molecular weight excluding hydrogens is 220 g/mol. The molecule has 0 spiro atoms. The van der Waals surface area contributed by atoms with Gasteiger partial charge in [0.05, 0.1) is 6.61 Å². The molecular formula is C13H18O4. The van der Waals surface area contributed by atoms with Crippen molar-refractivity contribution in [2.45, 2.75) is 20.8 Å². The van der Waals surface area contributed by atoms with Gasteiger partial charge in [-0.15, -0.1) is 0 Å². The zero-order valence-corrected chi connectivity index (χ0v) is 10.3. The molecule has 1 aromatic carbocycles. The van der Waals surface area contributed by atoms with E-state index in [0.717, 1.165) is 5.56 Å². The molecule has 0 aliphatic carbocycles. The number of hydrogen-bond acceptors (Lipinski definition) is 3. The summed E-state index contributed by atoms with van der Waals surface area (Å²) in [5.74, 6) is 0.404. The molecule has 0 fully saturated rings. The summed E-state index contributed by atoms with van der Waals surface area (Å²) in [6.07, 6.45) is -1.20. The molecule has 0 unspecified atom stereocenters. The second kappa shape index (κ2) is 8.33. The van der Waals surface area contributed by atoms with Gasteiger partial charge in [0.1, 0.15) is 0 Å². The maximum absolute atomic E-state index is 10.6. The molecule has 1 aromatic rings. The summed E-state index contributed by atoms with van der Waals surface area (Å²) >= 11 is 0. The fraction of sp³-hybridized carbons (Fsp3) is 0.385. The molecule has 1 N–H and O–H groups in total. The van der Waals surface area contributed by atoms with Crippen molar-refractivity contribution in [3.8, 4) is 0 Å². The molecule has 4 nitrogen and oxygen atoms in total. The first-order chi connectivity index (χ1) is 7.93. The second-order valence-corrected chi connectivity index (χ2v) is 3.89. The Balaban J connectivity index is 0.000000304. The van der Waals surface area contributed by atoms with Gasteiger partial charge in [0.25, 0.3) is 0 Å². The van der Waals surface area contributed by atoms with Gasteiger partial charge in [-0.05, 0) is 12.8 Å². The largest absolute Gasteiger partial charge is 0.505 e. The van der Waals surface area contributed by atoms with Crippen LogP contribution in [-0.4, -0.2) is 23.7 Å². The van der Waals surface area contributed by atoms with Crippen LogP contribution in [0, 0.1) is 5.92 Å². The molecule has 4 heteroatoms. The molecule has 0 saturated carbocycles. The Morgan fingerprint density at radius 3 is 2.00 bits per heavy atom. The summed E-state index contributed by atoms with van der Waals surface area (Å²) in [6.45, 7) is 5.64.